The molecule has 4 rings (SSSR count). The Morgan fingerprint density at radius 1 is 0.853 bits per heavy atom. The molecule has 1 saturated heterocycles. The SMILES string of the molecule is Cc1cccc(NC(=O)c2cc(NC(=O)[C@@H]3CCCC[C@H]3C(=O)O)ccc2N2CCCCC2)c1. The Balaban J connectivity index is 1.59. The van der Waals surface area contributed by atoms with E-state index in [9.17, 15) is 19.5 Å². The third-order valence-electron chi connectivity index (χ3n) is 6.90. The highest BCUT2D eigenvalue weighted by molar-refractivity contribution is 6.09. The first-order valence-electron chi connectivity index (χ1n) is 12.2. The van der Waals surface area contributed by atoms with E-state index in [0.29, 0.717) is 24.1 Å². The molecule has 0 radical (unpaired) electrons. The van der Waals surface area contributed by atoms with E-state index >= 15 is 0 Å². The zero-order valence-corrected chi connectivity index (χ0v) is 19.7. The number of aryl methyl sites for hydroxylation is 1. The van der Waals surface area contributed by atoms with Gasteiger partial charge >= 0.3 is 5.97 Å². The van der Waals surface area contributed by atoms with Gasteiger partial charge in [0, 0.05) is 30.2 Å². The van der Waals surface area contributed by atoms with E-state index in [2.05, 4.69) is 15.5 Å². The fourth-order valence-electron chi connectivity index (χ4n) is 5.10. The quantitative estimate of drug-likeness (QED) is 0.556. The van der Waals surface area contributed by atoms with E-state index in [1.54, 1.807) is 6.07 Å². The summed E-state index contributed by atoms with van der Waals surface area (Å²) in [6, 6.07) is 13.1. The van der Waals surface area contributed by atoms with Gasteiger partial charge in [-0.05, 0) is 74.9 Å². The zero-order valence-electron chi connectivity index (χ0n) is 19.7. The van der Waals surface area contributed by atoms with Crippen molar-refractivity contribution in [1.82, 2.24) is 0 Å². The number of benzene rings is 2. The number of aliphatic carboxylic acids is 1. The molecule has 2 aromatic rings. The predicted octanol–water partition coefficient (Wildman–Crippen LogP) is 5.07. The smallest absolute Gasteiger partial charge is 0.307 e. The van der Waals surface area contributed by atoms with E-state index in [1.165, 1.54) is 6.42 Å². The summed E-state index contributed by atoms with van der Waals surface area (Å²) in [5.74, 6) is -2.66. The van der Waals surface area contributed by atoms with E-state index < -0.39 is 17.8 Å². The van der Waals surface area contributed by atoms with Gasteiger partial charge in [-0.2, -0.15) is 0 Å². The Labute approximate surface area is 200 Å². The average molecular weight is 464 g/mol. The number of nitrogens with zero attached hydrogens (tertiary/aromatic N) is 1. The van der Waals surface area contributed by atoms with Crippen molar-refractivity contribution in [3.63, 3.8) is 0 Å². The molecule has 1 aliphatic heterocycles. The molecule has 7 nitrogen and oxygen atoms in total. The Hall–Kier alpha value is -3.35. The summed E-state index contributed by atoms with van der Waals surface area (Å²) in [6.07, 6.45) is 6.10. The van der Waals surface area contributed by atoms with Crippen LogP contribution in [-0.2, 0) is 9.59 Å². The van der Waals surface area contributed by atoms with Gasteiger partial charge in [-0.15, -0.1) is 0 Å². The Morgan fingerprint density at radius 2 is 1.56 bits per heavy atom. The van der Waals surface area contributed by atoms with Crippen LogP contribution in [0.5, 0.6) is 0 Å². The molecule has 0 bridgehead atoms. The lowest BCUT2D eigenvalue weighted by Gasteiger charge is -2.31. The fourth-order valence-corrected chi connectivity index (χ4v) is 5.10. The first kappa shape index (κ1) is 23.8. The maximum atomic E-state index is 13.3. The molecular formula is C27H33N3O4. The molecule has 2 amide bonds. The largest absolute Gasteiger partial charge is 0.481 e. The topological polar surface area (TPSA) is 98.7 Å². The second kappa shape index (κ2) is 10.7. The van der Waals surface area contributed by atoms with Gasteiger partial charge in [-0.1, -0.05) is 25.0 Å². The second-order valence-electron chi connectivity index (χ2n) is 9.43. The molecule has 34 heavy (non-hydrogen) atoms. The highest BCUT2D eigenvalue weighted by Gasteiger charge is 2.35. The zero-order chi connectivity index (χ0) is 24.1. The maximum Gasteiger partial charge on any atom is 0.307 e. The minimum Gasteiger partial charge on any atom is -0.481 e. The lowest BCUT2D eigenvalue weighted by atomic mass is 9.78. The minimum absolute atomic E-state index is 0.233. The number of carboxylic acid groups (broad SMARTS) is 1. The van der Waals surface area contributed by atoms with Crippen molar-refractivity contribution in [2.45, 2.75) is 51.9 Å². The summed E-state index contributed by atoms with van der Waals surface area (Å²) in [5.41, 5.74) is 3.63. The summed E-state index contributed by atoms with van der Waals surface area (Å²) in [4.78, 5) is 40.2. The first-order chi connectivity index (χ1) is 16.4. The number of carboxylic acids is 1. The summed E-state index contributed by atoms with van der Waals surface area (Å²) in [6.45, 7) is 3.75. The predicted molar refractivity (Wildman–Crippen MR) is 133 cm³/mol. The molecule has 0 unspecified atom stereocenters. The van der Waals surface area contributed by atoms with Gasteiger partial charge < -0.3 is 20.6 Å². The average Bonchev–Trinajstić information content (AvgIpc) is 2.84. The van der Waals surface area contributed by atoms with Crippen LogP contribution in [0.25, 0.3) is 0 Å². The number of piperidine rings is 1. The molecule has 1 saturated carbocycles. The first-order valence-corrected chi connectivity index (χ1v) is 12.2. The second-order valence-corrected chi connectivity index (χ2v) is 9.43. The number of nitrogens with one attached hydrogen (secondary N) is 2. The summed E-state index contributed by atoms with van der Waals surface area (Å²) in [7, 11) is 0. The summed E-state index contributed by atoms with van der Waals surface area (Å²) >= 11 is 0. The normalized spacial score (nSPS) is 20.4. The van der Waals surface area contributed by atoms with Crippen LogP contribution in [0.3, 0.4) is 0 Å². The van der Waals surface area contributed by atoms with Gasteiger partial charge in [0.2, 0.25) is 5.91 Å². The van der Waals surface area contributed by atoms with Crippen molar-refractivity contribution in [2.75, 3.05) is 28.6 Å². The molecule has 180 valence electrons. The number of hydrogen-bond acceptors (Lipinski definition) is 4. The molecular weight excluding hydrogens is 430 g/mol. The molecule has 2 aromatic carbocycles. The van der Waals surface area contributed by atoms with Crippen LogP contribution < -0.4 is 15.5 Å². The molecule has 0 spiro atoms. The Bertz CT molecular complexity index is 1060. The fraction of sp³-hybridized carbons (Fsp3) is 0.444. The van der Waals surface area contributed by atoms with Crippen molar-refractivity contribution in [3.8, 4) is 0 Å². The van der Waals surface area contributed by atoms with Crippen LogP contribution in [0.4, 0.5) is 17.1 Å². The molecule has 2 aliphatic rings. The van der Waals surface area contributed by atoms with Crippen LogP contribution in [0.2, 0.25) is 0 Å². The van der Waals surface area contributed by atoms with Crippen LogP contribution >= 0.6 is 0 Å². The van der Waals surface area contributed by atoms with Crippen molar-refractivity contribution in [3.05, 3.63) is 53.6 Å². The van der Waals surface area contributed by atoms with Crippen molar-refractivity contribution < 1.29 is 19.5 Å². The van der Waals surface area contributed by atoms with Crippen molar-refractivity contribution in [2.24, 2.45) is 11.8 Å². The van der Waals surface area contributed by atoms with E-state index in [-0.39, 0.29) is 11.8 Å². The number of carbonyl (C=O) groups excluding carboxylic acids is 2. The Kier molecular flexibility index (Phi) is 7.50. The standard InChI is InChI=1S/C27H33N3O4/c1-18-8-7-9-19(16-18)28-26(32)23-17-20(12-13-24(23)30-14-5-2-6-15-30)29-25(31)21-10-3-4-11-22(21)27(33)34/h7-9,12-13,16-17,21-22H,2-6,10-11,14-15H2,1H3,(H,28,32)(H,29,31)(H,33,34)/t21-,22-/m1/s1. The summed E-state index contributed by atoms with van der Waals surface area (Å²) < 4.78 is 0. The molecule has 2 atom stereocenters. The minimum atomic E-state index is -0.918. The molecule has 2 fully saturated rings. The molecule has 1 heterocycles. The van der Waals surface area contributed by atoms with Crippen molar-refractivity contribution in [1.29, 1.82) is 0 Å². The van der Waals surface area contributed by atoms with Crippen LogP contribution in [0, 0.1) is 18.8 Å². The maximum absolute atomic E-state index is 13.3. The monoisotopic (exact) mass is 463 g/mol. The van der Waals surface area contributed by atoms with E-state index in [0.717, 1.165) is 55.7 Å². The lowest BCUT2D eigenvalue weighted by molar-refractivity contribution is -0.147. The van der Waals surface area contributed by atoms with Gasteiger partial charge in [0.15, 0.2) is 0 Å². The molecule has 3 N–H and O–H groups in total. The molecule has 1 aliphatic carbocycles. The number of hydrogen-bond donors (Lipinski definition) is 3. The number of carbonyl (C=O) groups is 3. The van der Waals surface area contributed by atoms with Gasteiger partial charge in [0.05, 0.1) is 17.4 Å². The van der Waals surface area contributed by atoms with Crippen LogP contribution in [0.15, 0.2) is 42.5 Å². The highest BCUT2D eigenvalue weighted by atomic mass is 16.4. The van der Waals surface area contributed by atoms with E-state index in [4.69, 9.17) is 0 Å². The molecule has 0 aromatic heterocycles. The number of amides is 2. The van der Waals surface area contributed by atoms with Gasteiger partial charge in [-0.25, -0.2) is 0 Å². The number of anilines is 3. The van der Waals surface area contributed by atoms with Gasteiger partial charge in [0.25, 0.3) is 5.91 Å². The van der Waals surface area contributed by atoms with E-state index in [1.807, 2.05) is 43.3 Å². The highest BCUT2D eigenvalue weighted by Crippen LogP contribution is 2.33. The van der Waals surface area contributed by atoms with Gasteiger partial charge in [-0.3, -0.25) is 14.4 Å². The lowest BCUT2D eigenvalue weighted by Crippen LogP contribution is -2.36. The van der Waals surface area contributed by atoms with Crippen LogP contribution in [0.1, 0.15) is 60.9 Å². The third kappa shape index (κ3) is 5.58. The van der Waals surface area contributed by atoms with Crippen molar-refractivity contribution >= 4 is 34.8 Å². The number of rotatable bonds is 6. The van der Waals surface area contributed by atoms with Gasteiger partial charge in [0.1, 0.15) is 0 Å². The molecule has 7 heteroatoms. The summed E-state index contributed by atoms with van der Waals surface area (Å²) in [5, 5.41) is 15.4. The van der Waals surface area contributed by atoms with Crippen LogP contribution in [-0.4, -0.2) is 36.0 Å². The Morgan fingerprint density at radius 3 is 2.26 bits per heavy atom. The third-order valence-corrected chi connectivity index (χ3v) is 6.90.